The monoisotopic (exact) mass is 392 g/mol. The lowest BCUT2D eigenvalue weighted by molar-refractivity contribution is -0.130. The molecule has 0 spiro atoms. The summed E-state index contributed by atoms with van der Waals surface area (Å²) in [5.41, 5.74) is 0. The molecule has 156 valence electrons. The topological polar surface area (TPSA) is 66.0 Å². The molecule has 1 aromatic carbocycles. The summed E-state index contributed by atoms with van der Waals surface area (Å²) in [4.78, 5) is 18.6. The van der Waals surface area contributed by atoms with E-state index in [1.165, 1.54) is 12.1 Å². The Bertz CT molecular complexity index is 621. The summed E-state index contributed by atoms with van der Waals surface area (Å²) >= 11 is 0. The van der Waals surface area contributed by atoms with E-state index in [0.29, 0.717) is 18.7 Å². The second kappa shape index (κ2) is 12.2. The highest BCUT2D eigenvalue weighted by atomic mass is 19.1. The van der Waals surface area contributed by atoms with Gasteiger partial charge in [-0.25, -0.2) is 9.38 Å². The maximum atomic E-state index is 13.0. The molecule has 2 rings (SSSR count). The van der Waals surface area contributed by atoms with Gasteiger partial charge < -0.3 is 20.3 Å². The number of carbonyl (C=O) groups excluding carboxylic acids is 1. The highest BCUT2D eigenvalue weighted by Crippen LogP contribution is 2.13. The van der Waals surface area contributed by atoms with Crippen LogP contribution in [0.15, 0.2) is 29.3 Å². The Hall–Kier alpha value is -2.31. The molecular formula is C21H33FN4O2. The lowest BCUT2D eigenvalue weighted by Gasteiger charge is -2.21. The van der Waals surface area contributed by atoms with Gasteiger partial charge in [0.1, 0.15) is 17.7 Å². The van der Waals surface area contributed by atoms with E-state index in [0.717, 1.165) is 57.8 Å². The van der Waals surface area contributed by atoms with Gasteiger partial charge in [0, 0.05) is 32.6 Å². The summed E-state index contributed by atoms with van der Waals surface area (Å²) in [5, 5.41) is 6.53. The van der Waals surface area contributed by atoms with E-state index in [2.05, 4.69) is 15.6 Å². The molecule has 6 nitrogen and oxygen atoms in total. The van der Waals surface area contributed by atoms with Crippen molar-refractivity contribution in [1.82, 2.24) is 15.5 Å². The first-order valence-electron chi connectivity index (χ1n) is 10.3. The van der Waals surface area contributed by atoms with Crippen molar-refractivity contribution in [2.45, 2.75) is 52.1 Å². The van der Waals surface area contributed by atoms with Gasteiger partial charge in [0.05, 0.1) is 6.54 Å². The highest BCUT2D eigenvalue weighted by molar-refractivity contribution is 5.79. The Kier molecular flexibility index (Phi) is 9.59. The van der Waals surface area contributed by atoms with Crippen LogP contribution in [0, 0.1) is 5.82 Å². The number of ether oxygens (including phenoxy) is 1. The number of hydrogen-bond donors (Lipinski definition) is 2. The molecule has 1 amide bonds. The van der Waals surface area contributed by atoms with Crippen LogP contribution in [0.25, 0.3) is 0 Å². The van der Waals surface area contributed by atoms with Crippen LogP contribution in [0.3, 0.4) is 0 Å². The van der Waals surface area contributed by atoms with Gasteiger partial charge in [-0.2, -0.15) is 0 Å². The lowest BCUT2D eigenvalue weighted by atomic mass is 10.2. The van der Waals surface area contributed by atoms with Crippen LogP contribution < -0.4 is 15.4 Å². The van der Waals surface area contributed by atoms with E-state index in [1.54, 1.807) is 12.1 Å². The minimum absolute atomic E-state index is 0.129. The minimum atomic E-state index is -0.279. The van der Waals surface area contributed by atoms with E-state index >= 15 is 0 Å². The zero-order chi connectivity index (χ0) is 20.2. The van der Waals surface area contributed by atoms with Gasteiger partial charge >= 0.3 is 0 Å². The zero-order valence-electron chi connectivity index (χ0n) is 17.0. The van der Waals surface area contributed by atoms with Gasteiger partial charge in [-0.3, -0.25) is 4.79 Å². The second-order valence-electron chi connectivity index (χ2n) is 7.07. The molecule has 1 atom stereocenters. The number of nitrogens with one attached hydrogen (secondary N) is 2. The SMILES string of the molecule is CCNC(=NCC(C)Oc1ccc(F)cc1)NCCCN1CCCCCC1=O. The molecule has 0 aromatic heterocycles. The minimum Gasteiger partial charge on any atom is -0.489 e. The first kappa shape index (κ1) is 22.0. The number of nitrogens with zero attached hydrogens (tertiary/aromatic N) is 2. The Labute approximate surface area is 167 Å². The summed E-state index contributed by atoms with van der Waals surface area (Å²) in [6.07, 6.45) is 4.71. The average Bonchev–Trinajstić information content (AvgIpc) is 2.89. The van der Waals surface area contributed by atoms with Crippen LogP contribution in [0.4, 0.5) is 4.39 Å². The largest absolute Gasteiger partial charge is 0.489 e. The first-order valence-corrected chi connectivity index (χ1v) is 10.3. The zero-order valence-corrected chi connectivity index (χ0v) is 17.0. The third-order valence-corrected chi connectivity index (χ3v) is 4.57. The van der Waals surface area contributed by atoms with Gasteiger partial charge in [-0.15, -0.1) is 0 Å². The van der Waals surface area contributed by atoms with Crippen molar-refractivity contribution in [1.29, 1.82) is 0 Å². The average molecular weight is 393 g/mol. The number of likely N-dealkylation sites (tertiary alicyclic amines) is 1. The van der Waals surface area contributed by atoms with Gasteiger partial charge in [0.25, 0.3) is 0 Å². The van der Waals surface area contributed by atoms with Crippen LogP contribution >= 0.6 is 0 Å². The molecule has 1 fully saturated rings. The Balaban J connectivity index is 1.73. The molecule has 0 saturated carbocycles. The van der Waals surface area contributed by atoms with Crippen LogP contribution in [-0.4, -0.2) is 55.6 Å². The number of halogens is 1. The molecule has 0 bridgehead atoms. The fraction of sp³-hybridized carbons (Fsp3) is 0.619. The number of benzene rings is 1. The predicted molar refractivity (Wildman–Crippen MR) is 110 cm³/mol. The third kappa shape index (κ3) is 8.15. The second-order valence-corrected chi connectivity index (χ2v) is 7.07. The molecule has 28 heavy (non-hydrogen) atoms. The number of aliphatic imine (C=N–C) groups is 1. The van der Waals surface area contributed by atoms with E-state index < -0.39 is 0 Å². The summed E-state index contributed by atoms with van der Waals surface area (Å²) in [7, 11) is 0. The quantitative estimate of drug-likeness (QED) is 0.385. The van der Waals surface area contributed by atoms with Gasteiger partial charge in [-0.05, 0) is 57.4 Å². The normalized spacial score (nSPS) is 16.5. The number of amides is 1. The fourth-order valence-corrected chi connectivity index (χ4v) is 3.10. The molecule has 1 heterocycles. The number of carbonyl (C=O) groups is 1. The van der Waals surface area contributed by atoms with E-state index in [-0.39, 0.29) is 17.8 Å². The lowest BCUT2D eigenvalue weighted by Crippen LogP contribution is -2.40. The molecular weight excluding hydrogens is 359 g/mol. The smallest absolute Gasteiger partial charge is 0.222 e. The molecule has 7 heteroatoms. The molecule has 2 N–H and O–H groups in total. The van der Waals surface area contributed by atoms with E-state index in [9.17, 15) is 9.18 Å². The van der Waals surface area contributed by atoms with Crippen molar-refractivity contribution in [3.8, 4) is 5.75 Å². The maximum absolute atomic E-state index is 13.0. The fourth-order valence-electron chi connectivity index (χ4n) is 3.10. The highest BCUT2D eigenvalue weighted by Gasteiger charge is 2.15. The van der Waals surface area contributed by atoms with Crippen molar-refractivity contribution >= 4 is 11.9 Å². The molecule has 1 saturated heterocycles. The number of rotatable bonds is 9. The molecule has 1 aliphatic heterocycles. The summed E-state index contributed by atoms with van der Waals surface area (Å²) in [6, 6.07) is 5.99. The molecule has 0 aliphatic carbocycles. The number of hydrogen-bond acceptors (Lipinski definition) is 3. The molecule has 0 radical (unpaired) electrons. The van der Waals surface area contributed by atoms with E-state index in [1.807, 2.05) is 18.7 Å². The molecule has 1 unspecified atom stereocenters. The third-order valence-electron chi connectivity index (χ3n) is 4.57. The van der Waals surface area contributed by atoms with Gasteiger partial charge in [0.15, 0.2) is 5.96 Å². The van der Waals surface area contributed by atoms with Gasteiger partial charge in [-0.1, -0.05) is 6.42 Å². The Morgan fingerprint density at radius 1 is 1.25 bits per heavy atom. The van der Waals surface area contributed by atoms with Gasteiger partial charge in [0.2, 0.25) is 5.91 Å². The Morgan fingerprint density at radius 3 is 2.79 bits per heavy atom. The Morgan fingerprint density at radius 2 is 2.04 bits per heavy atom. The van der Waals surface area contributed by atoms with Crippen molar-refractivity contribution in [2.75, 3.05) is 32.7 Å². The van der Waals surface area contributed by atoms with Crippen LogP contribution in [-0.2, 0) is 4.79 Å². The predicted octanol–water partition coefficient (Wildman–Crippen LogP) is 2.94. The first-order chi connectivity index (χ1) is 13.6. The van der Waals surface area contributed by atoms with Crippen molar-refractivity contribution < 1.29 is 13.9 Å². The van der Waals surface area contributed by atoms with Crippen molar-refractivity contribution in [2.24, 2.45) is 4.99 Å². The summed E-state index contributed by atoms with van der Waals surface area (Å²) < 4.78 is 18.7. The van der Waals surface area contributed by atoms with Crippen molar-refractivity contribution in [3.63, 3.8) is 0 Å². The standard InChI is InChI=1S/C21H33FN4O2/c1-3-23-21(24-13-7-15-26-14-6-4-5-8-20(26)27)25-16-17(2)28-19-11-9-18(22)10-12-19/h9-12,17H,3-8,13-16H2,1-2H3,(H2,23,24,25). The van der Waals surface area contributed by atoms with E-state index in [4.69, 9.17) is 4.74 Å². The maximum Gasteiger partial charge on any atom is 0.222 e. The number of guanidine groups is 1. The summed E-state index contributed by atoms with van der Waals surface area (Å²) in [5.74, 6) is 1.37. The molecule has 1 aliphatic rings. The summed E-state index contributed by atoms with van der Waals surface area (Å²) in [6.45, 7) is 7.62. The van der Waals surface area contributed by atoms with Crippen LogP contribution in [0.1, 0.15) is 46.0 Å². The van der Waals surface area contributed by atoms with Crippen molar-refractivity contribution in [3.05, 3.63) is 30.1 Å². The molecule has 1 aromatic rings. The van der Waals surface area contributed by atoms with Crippen LogP contribution in [0.5, 0.6) is 5.75 Å². The van der Waals surface area contributed by atoms with Crippen LogP contribution in [0.2, 0.25) is 0 Å².